The maximum atomic E-state index is 13.6. The van der Waals surface area contributed by atoms with Gasteiger partial charge in [-0.15, -0.1) is 0 Å². The Hall–Kier alpha value is -3.93. The minimum absolute atomic E-state index is 0.248. The van der Waals surface area contributed by atoms with Crippen molar-refractivity contribution in [1.29, 1.82) is 0 Å². The van der Waals surface area contributed by atoms with E-state index in [-0.39, 0.29) is 18.2 Å². The molecule has 0 spiro atoms. The average molecular weight is 571 g/mol. The van der Waals surface area contributed by atoms with Crippen LogP contribution < -0.4 is 10.6 Å². The Morgan fingerprint density at radius 2 is 1.26 bits per heavy atom. The maximum Gasteiger partial charge on any atom is 0.306 e. The molecule has 6 heteroatoms. The van der Waals surface area contributed by atoms with Crippen molar-refractivity contribution >= 4 is 17.8 Å². The molecule has 3 rings (SSSR count). The van der Waals surface area contributed by atoms with Crippen molar-refractivity contribution in [2.45, 2.75) is 72.3 Å². The summed E-state index contributed by atoms with van der Waals surface area (Å²) < 4.78 is 0. The molecule has 0 unspecified atom stereocenters. The number of nitrogens with one attached hydrogen (secondary N) is 2. The molecule has 0 radical (unpaired) electrons. The van der Waals surface area contributed by atoms with Gasteiger partial charge in [0.2, 0.25) is 11.8 Å². The first-order chi connectivity index (χ1) is 20.0. The van der Waals surface area contributed by atoms with E-state index in [0.717, 1.165) is 29.5 Å². The van der Waals surface area contributed by atoms with Crippen molar-refractivity contribution in [3.8, 4) is 22.3 Å². The lowest BCUT2D eigenvalue weighted by atomic mass is 9.83. The summed E-state index contributed by atoms with van der Waals surface area (Å²) in [5.74, 6) is -2.53. The van der Waals surface area contributed by atoms with E-state index in [9.17, 15) is 19.5 Å². The monoisotopic (exact) mass is 570 g/mol. The molecule has 0 aliphatic carbocycles. The molecule has 2 amide bonds. The second kappa shape index (κ2) is 15.3. The predicted molar refractivity (Wildman–Crippen MR) is 170 cm³/mol. The summed E-state index contributed by atoms with van der Waals surface area (Å²) in [6, 6.07) is 26.4. The van der Waals surface area contributed by atoms with Crippen LogP contribution in [0.25, 0.3) is 22.3 Å². The fourth-order valence-electron chi connectivity index (χ4n) is 5.26. The first kappa shape index (κ1) is 32.6. The van der Waals surface area contributed by atoms with Crippen molar-refractivity contribution in [3.05, 3.63) is 84.4 Å². The van der Waals surface area contributed by atoms with Crippen LogP contribution in [0.1, 0.15) is 65.4 Å². The van der Waals surface area contributed by atoms with Gasteiger partial charge >= 0.3 is 5.97 Å². The number of unbranched alkanes of at least 4 members (excludes halogenated alkanes) is 1. The number of hydrogen-bond donors (Lipinski definition) is 3. The maximum absolute atomic E-state index is 13.6. The molecule has 3 aromatic rings. The van der Waals surface area contributed by atoms with Gasteiger partial charge < -0.3 is 15.7 Å². The van der Waals surface area contributed by atoms with Gasteiger partial charge in [-0.2, -0.15) is 0 Å². The standard InChI is InChI=1S/C36H46N2O4/c1-6-7-11-31(35(41)42)24-30(33(39)38-32(34(40)37-5)36(2,3)4)19-16-25-14-17-27(18-15-25)29-22-20-28(21-23-29)26-12-9-8-10-13-26/h8-10,12-15,17-18,20-23,30-32H,6-7,11,16,19,24H2,1-5H3,(H,37,40)(H,38,39)(H,41,42)/t30-,31+,32-/m1/s1. The van der Waals surface area contributed by atoms with Gasteiger partial charge in [-0.3, -0.25) is 14.4 Å². The zero-order valence-corrected chi connectivity index (χ0v) is 25.7. The Bertz CT molecular complexity index is 1290. The Labute approximate surface area is 250 Å². The van der Waals surface area contributed by atoms with Gasteiger partial charge in [0.05, 0.1) is 5.92 Å². The lowest BCUT2D eigenvalue weighted by molar-refractivity contribution is -0.143. The van der Waals surface area contributed by atoms with Crippen LogP contribution in [0.2, 0.25) is 0 Å². The number of carbonyl (C=O) groups is 3. The van der Waals surface area contributed by atoms with Gasteiger partial charge in [0.15, 0.2) is 0 Å². The van der Waals surface area contributed by atoms with E-state index in [1.54, 1.807) is 7.05 Å². The molecule has 0 saturated heterocycles. The number of carboxylic acid groups (broad SMARTS) is 1. The third-order valence-electron chi connectivity index (χ3n) is 7.92. The van der Waals surface area contributed by atoms with Crippen LogP contribution >= 0.6 is 0 Å². The summed E-state index contributed by atoms with van der Waals surface area (Å²) >= 11 is 0. The van der Waals surface area contributed by atoms with Crippen LogP contribution in [0.4, 0.5) is 0 Å². The van der Waals surface area contributed by atoms with Gasteiger partial charge in [-0.25, -0.2) is 0 Å². The fourth-order valence-corrected chi connectivity index (χ4v) is 5.26. The van der Waals surface area contributed by atoms with Crippen molar-refractivity contribution in [2.75, 3.05) is 7.05 Å². The second-order valence-electron chi connectivity index (χ2n) is 12.2. The van der Waals surface area contributed by atoms with Crippen molar-refractivity contribution in [3.63, 3.8) is 0 Å². The largest absolute Gasteiger partial charge is 0.481 e. The smallest absolute Gasteiger partial charge is 0.306 e. The molecule has 3 aromatic carbocycles. The average Bonchev–Trinajstić information content (AvgIpc) is 2.99. The van der Waals surface area contributed by atoms with Crippen LogP contribution in [0.5, 0.6) is 0 Å². The topological polar surface area (TPSA) is 95.5 Å². The fraction of sp³-hybridized carbons (Fsp3) is 0.417. The number of amides is 2. The zero-order valence-electron chi connectivity index (χ0n) is 25.7. The molecule has 0 saturated carbocycles. The van der Waals surface area contributed by atoms with Gasteiger partial charge in [0.25, 0.3) is 0 Å². The highest BCUT2D eigenvalue weighted by atomic mass is 16.4. The van der Waals surface area contributed by atoms with Crippen LogP contribution in [-0.2, 0) is 20.8 Å². The van der Waals surface area contributed by atoms with Crippen LogP contribution in [0.15, 0.2) is 78.9 Å². The van der Waals surface area contributed by atoms with E-state index in [1.807, 2.05) is 45.9 Å². The van der Waals surface area contributed by atoms with Gasteiger partial charge in [0, 0.05) is 13.0 Å². The molecule has 3 atom stereocenters. The number of aliphatic carboxylic acids is 1. The number of hydrogen-bond acceptors (Lipinski definition) is 3. The molecular formula is C36H46N2O4. The number of carbonyl (C=O) groups excluding carboxylic acids is 2. The van der Waals surface area contributed by atoms with Gasteiger partial charge in [-0.05, 0) is 58.9 Å². The summed E-state index contributed by atoms with van der Waals surface area (Å²) in [5, 5.41) is 15.5. The highest BCUT2D eigenvalue weighted by Crippen LogP contribution is 2.28. The second-order valence-corrected chi connectivity index (χ2v) is 12.2. The summed E-state index contributed by atoms with van der Waals surface area (Å²) in [5.41, 5.74) is 5.17. The van der Waals surface area contributed by atoms with E-state index in [1.165, 1.54) is 11.1 Å². The van der Waals surface area contributed by atoms with Crippen molar-refractivity contribution in [2.24, 2.45) is 17.3 Å². The van der Waals surface area contributed by atoms with E-state index >= 15 is 0 Å². The molecule has 6 nitrogen and oxygen atoms in total. The first-order valence-electron chi connectivity index (χ1n) is 15.0. The zero-order chi connectivity index (χ0) is 30.7. The Morgan fingerprint density at radius 1 is 0.738 bits per heavy atom. The number of benzene rings is 3. The molecule has 224 valence electrons. The van der Waals surface area contributed by atoms with E-state index in [0.29, 0.717) is 19.3 Å². The van der Waals surface area contributed by atoms with E-state index in [4.69, 9.17) is 0 Å². The van der Waals surface area contributed by atoms with Gasteiger partial charge in [0.1, 0.15) is 6.04 Å². The summed E-state index contributed by atoms with van der Waals surface area (Å²) in [6.07, 6.45) is 3.60. The Kier molecular flexibility index (Phi) is 11.9. The Morgan fingerprint density at radius 3 is 1.74 bits per heavy atom. The molecule has 0 aromatic heterocycles. The quantitative estimate of drug-likeness (QED) is 0.192. The number of rotatable bonds is 14. The summed E-state index contributed by atoms with van der Waals surface area (Å²) in [7, 11) is 1.55. The van der Waals surface area contributed by atoms with Crippen molar-refractivity contribution in [1.82, 2.24) is 10.6 Å². The third-order valence-corrected chi connectivity index (χ3v) is 7.92. The predicted octanol–water partition coefficient (Wildman–Crippen LogP) is 7.13. The van der Waals surface area contributed by atoms with Crippen LogP contribution in [-0.4, -0.2) is 36.0 Å². The highest BCUT2D eigenvalue weighted by molar-refractivity contribution is 5.89. The third kappa shape index (κ3) is 9.30. The van der Waals surface area contributed by atoms with Crippen LogP contribution in [0, 0.1) is 17.3 Å². The Balaban J connectivity index is 1.74. The minimum atomic E-state index is -0.873. The lowest BCUT2D eigenvalue weighted by Gasteiger charge is -2.31. The lowest BCUT2D eigenvalue weighted by Crippen LogP contribution is -2.54. The van der Waals surface area contributed by atoms with E-state index < -0.39 is 29.3 Å². The summed E-state index contributed by atoms with van der Waals surface area (Å²) in [6.45, 7) is 7.74. The number of likely N-dealkylation sites (N-methyl/N-ethyl adjacent to an activating group) is 1. The van der Waals surface area contributed by atoms with Gasteiger partial charge in [-0.1, -0.05) is 119 Å². The molecule has 0 fully saturated rings. The van der Waals surface area contributed by atoms with Crippen molar-refractivity contribution < 1.29 is 19.5 Å². The molecule has 0 aliphatic heterocycles. The SMILES string of the molecule is CCCC[C@@H](C[C@@H](CCc1ccc(-c2ccc(-c3ccccc3)cc2)cc1)C(=O)N[C@H](C(=O)NC)C(C)(C)C)C(=O)O. The first-order valence-corrected chi connectivity index (χ1v) is 15.0. The molecule has 0 bridgehead atoms. The molecule has 42 heavy (non-hydrogen) atoms. The number of aryl methyl sites for hydroxylation is 1. The van der Waals surface area contributed by atoms with Crippen LogP contribution in [0.3, 0.4) is 0 Å². The molecular weight excluding hydrogens is 524 g/mol. The molecule has 0 heterocycles. The molecule has 0 aliphatic rings. The highest BCUT2D eigenvalue weighted by Gasteiger charge is 2.35. The normalized spacial score (nSPS) is 13.5. The summed E-state index contributed by atoms with van der Waals surface area (Å²) in [4.78, 5) is 38.2. The minimum Gasteiger partial charge on any atom is -0.481 e. The van der Waals surface area contributed by atoms with E-state index in [2.05, 4.69) is 71.3 Å². The number of carboxylic acids is 1. The molecule has 3 N–H and O–H groups in total.